The molecular formula is C25H25N5O4. The molecular weight excluding hydrogens is 434 g/mol. The molecule has 0 spiro atoms. The lowest BCUT2D eigenvalue weighted by molar-refractivity contribution is -0.122. The van der Waals surface area contributed by atoms with Crippen molar-refractivity contribution in [2.75, 3.05) is 26.7 Å². The normalized spacial score (nSPS) is 21.7. The Labute approximate surface area is 197 Å². The first-order valence-electron chi connectivity index (χ1n) is 11.3. The Balaban J connectivity index is 1.36. The molecule has 34 heavy (non-hydrogen) atoms. The number of carbonyl (C=O) groups excluding carboxylic acids is 3. The summed E-state index contributed by atoms with van der Waals surface area (Å²) in [5.41, 5.74) is 1.39. The SMILES string of the molecule is COc1ccc2c(c1)C(=O)N(C[C@@]1(C#Cc3ccc(CN4CCCC4)nc3)NC(=O)NC1=O)C2. The molecule has 4 amide bonds. The molecule has 0 bridgehead atoms. The first-order chi connectivity index (χ1) is 16.5. The van der Waals surface area contributed by atoms with Gasteiger partial charge in [-0.05, 0) is 55.8 Å². The van der Waals surface area contributed by atoms with Crippen molar-refractivity contribution in [1.29, 1.82) is 0 Å². The molecule has 2 fully saturated rings. The van der Waals surface area contributed by atoms with Gasteiger partial charge in [0.1, 0.15) is 5.75 Å². The van der Waals surface area contributed by atoms with Gasteiger partial charge in [0.15, 0.2) is 0 Å². The lowest BCUT2D eigenvalue weighted by Gasteiger charge is -2.26. The summed E-state index contributed by atoms with van der Waals surface area (Å²) < 4.78 is 5.22. The van der Waals surface area contributed by atoms with Crippen LogP contribution in [0.15, 0.2) is 36.5 Å². The first kappa shape index (κ1) is 21.9. The Hall–Kier alpha value is -3.90. The summed E-state index contributed by atoms with van der Waals surface area (Å²) in [6, 6.07) is 8.44. The van der Waals surface area contributed by atoms with Crippen LogP contribution in [0.25, 0.3) is 0 Å². The molecule has 9 heteroatoms. The molecule has 4 heterocycles. The van der Waals surface area contributed by atoms with Crippen LogP contribution in [-0.4, -0.2) is 64.9 Å². The number of nitrogens with zero attached hydrogens (tertiary/aromatic N) is 3. The van der Waals surface area contributed by atoms with Crippen LogP contribution in [0.1, 0.15) is 40.0 Å². The van der Waals surface area contributed by atoms with Gasteiger partial charge in [-0.25, -0.2) is 4.79 Å². The van der Waals surface area contributed by atoms with E-state index in [0.29, 0.717) is 23.4 Å². The van der Waals surface area contributed by atoms with Crippen LogP contribution in [0.4, 0.5) is 4.79 Å². The van der Waals surface area contributed by atoms with Crippen LogP contribution >= 0.6 is 0 Å². The number of ether oxygens (including phenoxy) is 1. The van der Waals surface area contributed by atoms with Gasteiger partial charge in [-0.1, -0.05) is 17.9 Å². The van der Waals surface area contributed by atoms with Crippen LogP contribution in [0.5, 0.6) is 5.75 Å². The maximum Gasteiger partial charge on any atom is 0.323 e. The minimum Gasteiger partial charge on any atom is -0.497 e. The van der Waals surface area contributed by atoms with E-state index in [9.17, 15) is 14.4 Å². The van der Waals surface area contributed by atoms with Gasteiger partial charge in [0, 0.05) is 30.4 Å². The molecule has 0 aliphatic carbocycles. The average Bonchev–Trinajstić information content (AvgIpc) is 3.52. The van der Waals surface area contributed by atoms with Crippen LogP contribution < -0.4 is 15.4 Å². The summed E-state index contributed by atoms with van der Waals surface area (Å²) >= 11 is 0. The van der Waals surface area contributed by atoms with E-state index in [1.807, 2.05) is 18.2 Å². The zero-order chi connectivity index (χ0) is 23.7. The summed E-state index contributed by atoms with van der Waals surface area (Å²) in [6.45, 7) is 3.22. The number of nitrogens with one attached hydrogen (secondary N) is 2. The van der Waals surface area contributed by atoms with Crippen molar-refractivity contribution in [3.05, 3.63) is 58.9 Å². The van der Waals surface area contributed by atoms with Crippen LogP contribution in [0.2, 0.25) is 0 Å². The second-order valence-corrected chi connectivity index (χ2v) is 8.77. The molecule has 174 valence electrons. The van der Waals surface area contributed by atoms with Gasteiger partial charge in [0.25, 0.3) is 11.8 Å². The number of imide groups is 1. The molecule has 1 atom stereocenters. The largest absolute Gasteiger partial charge is 0.497 e. The van der Waals surface area contributed by atoms with Gasteiger partial charge >= 0.3 is 6.03 Å². The lowest BCUT2D eigenvalue weighted by Crippen LogP contribution is -2.54. The number of fused-ring (bicyclic) bond motifs is 1. The number of hydrogen-bond acceptors (Lipinski definition) is 6. The molecule has 3 aliphatic rings. The van der Waals surface area contributed by atoms with Gasteiger partial charge in [0.05, 0.1) is 19.3 Å². The minimum absolute atomic E-state index is 0.0755. The summed E-state index contributed by atoms with van der Waals surface area (Å²) in [5, 5.41) is 4.88. The van der Waals surface area contributed by atoms with Gasteiger partial charge in [-0.2, -0.15) is 0 Å². The number of carbonyl (C=O) groups is 3. The van der Waals surface area contributed by atoms with E-state index in [4.69, 9.17) is 4.74 Å². The van der Waals surface area contributed by atoms with Gasteiger partial charge in [-0.15, -0.1) is 0 Å². The summed E-state index contributed by atoms with van der Waals surface area (Å²) in [5.74, 6) is 5.65. The number of amides is 4. The van der Waals surface area contributed by atoms with E-state index >= 15 is 0 Å². The van der Waals surface area contributed by atoms with E-state index in [1.54, 1.807) is 18.3 Å². The highest BCUT2D eigenvalue weighted by molar-refractivity contribution is 6.10. The monoisotopic (exact) mass is 459 g/mol. The van der Waals surface area contributed by atoms with Gasteiger partial charge in [-0.3, -0.25) is 24.8 Å². The minimum atomic E-state index is -1.55. The zero-order valence-corrected chi connectivity index (χ0v) is 18.9. The number of methoxy groups -OCH3 is 1. The first-order valence-corrected chi connectivity index (χ1v) is 11.3. The zero-order valence-electron chi connectivity index (χ0n) is 18.9. The third-order valence-corrected chi connectivity index (χ3v) is 6.39. The highest BCUT2D eigenvalue weighted by atomic mass is 16.5. The number of benzene rings is 1. The molecule has 9 nitrogen and oxygen atoms in total. The molecule has 0 unspecified atom stereocenters. The van der Waals surface area contributed by atoms with Crippen molar-refractivity contribution in [3.8, 4) is 17.6 Å². The number of hydrogen-bond donors (Lipinski definition) is 2. The number of urea groups is 1. The molecule has 2 aromatic rings. The van der Waals surface area contributed by atoms with Crippen LogP contribution in [-0.2, 0) is 17.9 Å². The van der Waals surface area contributed by atoms with E-state index in [-0.39, 0.29) is 12.5 Å². The van der Waals surface area contributed by atoms with Crippen molar-refractivity contribution in [2.24, 2.45) is 0 Å². The summed E-state index contributed by atoms with van der Waals surface area (Å²) in [4.78, 5) is 46.1. The fraction of sp³-hybridized carbons (Fsp3) is 0.360. The van der Waals surface area contributed by atoms with E-state index in [2.05, 4.69) is 32.4 Å². The molecule has 2 N–H and O–H groups in total. The number of rotatable bonds is 5. The van der Waals surface area contributed by atoms with Crippen LogP contribution in [0, 0.1) is 11.8 Å². The smallest absolute Gasteiger partial charge is 0.323 e. The predicted molar refractivity (Wildman–Crippen MR) is 123 cm³/mol. The molecule has 5 rings (SSSR count). The molecule has 1 aromatic heterocycles. The Morgan fingerprint density at radius 3 is 2.65 bits per heavy atom. The topological polar surface area (TPSA) is 104 Å². The van der Waals surface area contributed by atoms with E-state index in [0.717, 1.165) is 30.9 Å². The third-order valence-electron chi connectivity index (χ3n) is 6.39. The van der Waals surface area contributed by atoms with Gasteiger partial charge in [0.2, 0.25) is 5.54 Å². The molecule has 2 saturated heterocycles. The van der Waals surface area contributed by atoms with Crippen molar-refractivity contribution in [3.63, 3.8) is 0 Å². The standard InChI is InChI=1S/C25H25N5O4/c1-34-20-7-5-18-14-30(22(31)21(18)12-20)16-25(23(32)27-24(33)28-25)9-8-17-4-6-19(26-13-17)15-29-10-2-3-11-29/h4-7,12-13H,2-3,10-11,14-16H2,1H3,(H2,27,28,32,33)/t25-/m1/s1. The molecule has 1 aromatic carbocycles. The second-order valence-electron chi connectivity index (χ2n) is 8.77. The molecule has 3 aliphatic heterocycles. The van der Waals surface area contributed by atoms with Crippen molar-refractivity contribution >= 4 is 17.8 Å². The maximum atomic E-state index is 13.0. The summed E-state index contributed by atoms with van der Waals surface area (Å²) in [7, 11) is 1.54. The average molecular weight is 460 g/mol. The van der Waals surface area contributed by atoms with Crippen molar-refractivity contribution in [2.45, 2.75) is 31.5 Å². The Morgan fingerprint density at radius 2 is 1.97 bits per heavy atom. The fourth-order valence-corrected chi connectivity index (χ4v) is 4.55. The number of likely N-dealkylation sites (tertiary alicyclic amines) is 1. The maximum absolute atomic E-state index is 13.0. The Morgan fingerprint density at radius 1 is 1.15 bits per heavy atom. The third kappa shape index (κ3) is 4.20. The quantitative estimate of drug-likeness (QED) is 0.516. The van der Waals surface area contributed by atoms with E-state index in [1.165, 1.54) is 24.9 Å². The number of aromatic nitrogens is 1. The molecule has 0 saturated carbocycles. The van der Waals surface area contributed by atoms with Crippen LogP contribution in [0.3, 0.4) is 0 Å². The van der Waals surface area contributed by atoms with Crippen molar-refractivity contribution < 1.29 is 19.1 Å². The Bertz CT molecular complexity index is 1210. The van der Waals surface area contributed by atoms with Crippen molar-refractivity contribution in [1.82, 2.24) is 25.4 Å². The molecule has 0 radical (unpaired) electrons. The fourth-order valence-electron chi connectivity index (χ4n) is 4.55. The second kappa shape index (κ2) is 8.80. The summed E-state index contributed by atoms with van der Waals surface area (Å²) in [6.07, 6.45) is 4.11. The van der Waals surface area contributed by atoms with E-state index < -0.39 is 17.5 Å². The highest BCUT2D eigenvalue weighted by Crippen LogP contribution is 2.28. The van der Waals surface area contributed by atoms with Gasteiger partial charge < -0.3 is 15.0 Å². The highest BCUT2D eigenvalue weighted by Gasteiger charge is 2.48. The number of pyridine rings is 1. The lowest BCUT2D eigenvalue weighted by atomic mass is 9.99. The Kier molecular flexibility index (Phi) is 5.67. The predicted octanol–water partition coefficient (Wildman–Crippen LogP) is 1.27.